The van der Waals surface area contributed by atoms with E-state index in [1.165, 1.54) is 0 Å². The number of aryl methyl sites for hydroxylation is 1. The number of carboxylic acids is 1. The molecule has 0 aliphatic rings. The van der Waals surface area contributed by atoms with Gasteiger partial charge in [-0.15, -0.1) is 0 Å². The average Bonchev–Trinajstić information content (AvgIpc) is 2.66. The molecule has 0 saturated carbocycles. The van der Waals surface area contributed by atoms with E-state index >= 15 is 0 Å². The number of carboxylic acid groups (broad SMARTS) is 1. The lowest BCUT2D eigenvalue weighted by Gasteiger charge is -2.23. The van der Waals surface area contributed by atoms with Gasteiger partial charge in [-0.2, -0.15) is 0 Å². The van der Waals surface area contributed by atoms with Gasteiger partial charge in [-0.25, -0.2) is 4.98 Å². The van der Waals surface area contributed by atoms with Gasteiger partial charge in [0.1, 0.15) is 6.04 Å². The molecule has 5 heteroatoms. The first-order valence-corrected chi connectivity index (χ1v) is 6.02. The summed E-state index contributed by atoms with van der Waals surface area (Å²) in [7, 11) is 1.84. The fourth-order valence-electron chi connectivity index (χ4n) is 1.96. The van der Waals surface area contributed by atoms with Gasteiger partial charge >= 0.3 is 5.97 Å². The highest BCUT2D eigenvalue weighted by Crippen LogP contribution is 2.09. The zero-order chi connectivity index (χ0) is 12.8. The summed E-state index contributed by atoms with van der Waals surface area (Å²) in [6.45, 7) is 5.54. The summed E-state index contributed by atoms with van der Waals surface area (Å²) in [6, 6.07) is -0.431. The van der Waals surface area contributed by atoms with Gasteiger partial charge in [0, 0.05) is 19.3 Å². The molecular formula is C12H21N3O2. The monoisotopic (exact) mass is 239 g/mol. The fourth-order valence-corrected chi connectivity index (χ4v) is 1.96. The van der Waals surface area contributed by atoms with E-state index in [1.54, 1.807) is 12.5 Å². The molecule has 17 heavy (non-hydrogen) atoms. The van der Waals surface area contributed by atoms with Crippen molar-refractivity contribution in [3.8, 4) is 0 Å². The summed E-state index contributed by atoms with van der Waals surface area (Å²) in [5.74, 6) is -0.767. The highest BCUT2D eigenvalue weighted by molar-refractivity contribution is 5.73. The van der Waals surface area contributed by atoms with Gasteiger partial charge in [0.05, 0.1) is 12.0 Å². The van der Waals surface area contributed by atoms with Crippen molar-refractivity contribution < 1.29 is 9.90 Å². The lowest BCUT2D eigenvalue weighted by Crippen LogP contribution is -2.37. The molecule has 96 valence electrons. The quantitative estimate of drug-likeness (QED) is 0.785. The van der Waals surface area contributed by atoms with Gasteiger partial charge in [0.2, 0.25) is 0 Å². The van der Waals surface area contributed by atoms with Gasteiger partial charge < -0.3 is 9.67 Å². The molecule has 0 bridgehead atoms. The van der Waals surface area contributed by atoms with Gasteiger partial charge in [0.25, 0.3) is 0 Å². The van der Waals surface area contributed by atoms with Crippen molar-refractivity contribution in [3.63, 3.8) is 0 Å². The first-order chi connectivity index (χ1) is 8.10. The van der Waals surface area contributed by atoms with E-state index in [2.05, 4.69) is 16.5 Å². The summed E-state index contributed by atoms with van der Waals surface area (Å²) in [4.78, 5) is 17.0. The Bertz CT molecular complexity index is 362. The Morgan fingerprint density at radius 3 is 2.82 bits per heavy atom. The smallest absolute Gasteiger partial charge is 0.320 e. The molecule has 0 aliphatic heterocycles. The minimum absolute atomic E-state index is 0.431. The maximum Gasteiger partial charge on any atom is 0.320 e. The van der Waals surface area contributed by atoms with E-state index in [0.717, 1.165) is 18.7 Å². The zero-order valence-corrected chi connectivity index (χ0v) is 10.8. The number of nitrogens with zero attached hydrogens (tertiary/aromatic N) is 3. The highest BCUT2D eigenvalue weighted by Gasteiger charge is 2.21. The summed E-state index contributed by atoms with van der Waals surface area (Å²) in [5.41, 5.74) is 1.06. The van der Waals surface area contributed by atoms with Crippen molar-refractivity contribution in [2.45, 2.75) is 45.8 Å². The van der Waals surface area contributed by atoms with Crippen LogP contribution in [0.1, 0.15) is 32.4 Å². The standard InChI is InChI=1S/C12H21N3O2/c1-4-6-15-9-13-7-10(15)8-14(3)11(5-2)12(16)17/h7,9,11H,4-6,8H2,1-3H3,(H,16,17). The molecular weight excluding hydrogens is 218 g/mol. The number of hydrogen-bond donors (Lipinski definition) is 1. The molecule has 0 saturated heterocycles. The molecule has 0 amide bonds. The molecule has 0 aliphatic carbocycles. The number of rotatable bonds is 7. The molecule has 0 spiro atoms. The topological polar surface area (TPSA) is 58.4 Å². The van der Waals surface area contributed by atoms with Crippen LogP contribution in [0.5, 0.6) is 0 Å². The Morgan fingerprint density at radius 1 is 1.59 bits per heavy atom. The average molecular weight is 239 g/mol. The molecule has 0 fully saturated rings. The Morgan fingerprint density at radius 2 is 2.29 bits per heavy atom. The van der Waals surface area contributed by atoms with Crippen molar-refractivity contribution in [2.75, 3.05) is 7.05 Å². The molecule has 1 rings (SSSR count). The minimum atomic E-state index is -0.767. The zero-order valence-electron chi connectivity index (χ0n) is 10.8. The molecule has 0 aromatic carbocycles. The normalized spacial score (nSPS) is 12.9. The second-order valence-corrected chi connectivity index (χ2v) is 4.26. The van der Waals surface area contributed by atoms with Crippen LogP contribution in [0.15, 0.2) is 12.5 Å². The maximum atomic E-state index is 11.0. The Kier molecular flexibility index (Phi) is 5.15. The van der Waals surface area contributed by atoms with Crippen LogP contribution >= 0.6 is 0 Å². The van der Waals surface area contributed by atoms with Crippen LogP contribution in [-0.2, 0) is 17.9 Å². The highest BCUT2D eigenvalue weighted by atomic mass is 16.4. The Labute approximate surface area is 102 Å². The lowest BCUT2D eigenvalue weighted by atomic mass is 10.2. The van der Waals surface area contributed by atoms with Gasteiger partial charge in [0.15, 0.2) is 0 Å². The minimum Gasteiger partial charge on any atom is -0.480 e. The van der Waals surface area contributed by atoms with Crippen LogP contribution in [0.2, 0.25) is 0 Å². The first kappa shape index (κ1) is 13.7. The van der Waals surface area contributed by atoms with Gasteiger partial charge in [-0.1, -0.05) is 13.8 Å². The third-order valence-corrected chi connectivity index (χ3v) is 2.88. The van der Waals surface area contributed by atoms with Gasteiger partial charge in [-0.3, -0.25) is 9.69 Å². The number of aliphatic carboxylic acids is 1. The SMILES string of the molecule is CCCn1cncc1CN(C)C(CC)C(=O)O. The van der Waals surface area contributed by atoms with Crippen molar-refractivity contribution >= 4 is 5.97 Å². The molecule has 1 unspecified atom stereocenters. The lowest BCUT2D eigenvalue weighted by molar-refractivity contribution is -0.143. The number of carbonyl (C=O) groups is 1. The van der Waals surface area contributed by atoms with Crippen molar-refractivity contribution in [1.29, 1.82) is 0 Å². The number of imidazole rings is 1. The molecule has 0 radical (unpaired) electrons. The van der Waals surface area contributed by atoms with Crippen LogP contribution < -0.4 is 0 Å². The molecule has 1 heterocycles. The number of aromatic nitrogens is 2. The summed E-state index contributed by atoms with van der Waals surface area (Å²) < 4.78 is 2.07. The van der Waals surface area contributed by atoms with Gasteiger partial charge in [-0.05, 0) is 19.9 Å². The largest absolute Gasteiger partial charge is 0.480 e. The van der Waals surface area contributed by atoms with Crippen LogP contribution in [0.4, 0.5) is 0 Å². The van der Waals surface area contributed by atoms with E-state index in [9.17, 15) is 4.79 Å². The molecule has 1 aromatic rings. The third-order valence-electron chi connectivity index (χ3n) is 2.88. The van der Waals surface area contributed by atoms with Crippen LogP contribution in [0, 0.1) is 0 Å². The van der Waals surface area contributed by atoms with E-state index in [0.29, 0.717) is 13.0 Å². The molecule has 1 aromatic heterocycles. The molecule has 1 N–H and O–H groups in total. The number of hydrogen-bond acceptors (Lipinski definition) is 3. The van der Waals surface area contributed by atoms with Crippen LogP contribution in [0.25, 0.3) is 0 Å². The summed E-state index contributed by atoms with van der Waals surface area (Å²) in [6.07, 6.45) is 5.26. The molecule has 1 atom stereocenters. The predicted octanol–water partition coefficient (Wildman–Crippen LogP) is 1.59. The summed E-state index contributed by atoms with van der Waals surface area (Å²) >= 11 is 0. The second-order valence-electron chi connectivity index (χ2n) is 4.26. The third kappa shape index (κ3) is 3.56. The molecule has 5 nitrogen and oxygen atoms in total. The Balaban J connectivity index is 2.69. The maximum absolute atomic E-state index is 11.0. The fraction of sp³-hybridized carbons (Fsp3) is 0.667. The van der Waals surface area contributed by atoms with E-state index < -0.39 is 12.0 Å². The summed E-state index contributed by atoms with van der Waals surface area (Å²) in [5, 5.41) is 9.08. The van der Waals surface area contributed by atoms with Crippen molar-refractivity contribution in [3.05, 3.63) is 18.2 Å². The van der Waals surface area contributed by atoms with E-state index in [-0.39, 0.29) is 0 Å². The van der Waals surface area contributed by atoms with Crippen LogP contribution in [0.3, 0.4) is 0 Å². The van der Waals surface area contributed by atoms with Crippen molar-refractivity contribution in [2.24, 2.45) is 0 Å². The van der Waals surface area contributed by atoms with Crippen molar-refractivity contribution in [1.82, 2.24) is 14.5 Å². The first-order valence-electron chi connectivity index (χ1n) is 6.02. The Hall–Kier alpha value is -1.36. The second kappa shape index (κ2) is 6.39. The van der Waals surface area contributed by atoms with Crippen LogP contribution in [-0.4, -0.2) is 38.6 Å². The number of likely N-dealkylation sites (N-methyl/N-ethyl adjacent to an activating group) is 1. The van der Waals surface area contributed by atoms with E-state index in [1.807, 2.05) is 18.9 Å². The van der Waals surface area contributed by atoms with E-state index in [4.69, 9.17) is 5.11 Å². The predicted molar refractivity (Wildman–Crippen MR) is 65.7 cm³/mol.